The molecule has 3 nitrogen and oxygen atoms in total. The second-order valence-corrected chi connectivity index (χ2v) is 5.51. The molecule has 96 valence electrons. The molecule has 0 bridgehead atoms. The van der Waals surface area contributed by atoms with Crippen molar-refractivity contribution in [3.05, 3.63) is 0 Å². The standard InChI is InChI=1S/C13H29N3/c1-15(2)10-7-11-16(3)13-9-6-4-5-8-12(13)14/h12-13H,4-11,14H2,1-3H3. The van der Waals surface area contributed by atoms with Gasteiger partial charge in [0.2, 0.25) is 0 Å². The molecule has 0 aromatic rings. The van der Waals surface area contributed by atoms with Crippen molar-refractivity contribution in [3.63, 3.8) is 0 Å². The lowest BCUT2D eigenvalue weighted by Crippen LogP contribution is -2.46. The van der Waals surface area contributed by atoms with E-state index in [1.807, 2.05) is 0 Å². The molecule has 1 saturated carbocycles. The maximum Gasteiger partial charge on any atom is 0.0244 e. The molecule has 1 rings (SSSR count). The SMILES string of the molecule is CN(C)CCCN(C)C1CCCCCC1N. The van der Waals surface area contributed by atoms with E-state index in [9.17, 15) is 0 Å². The molecule has 1 aliphatic carbocycles. The minimum atomic E-state index is 0.395. The minimum absolute atomic E-state index is 0.395. The third-order valence-corrected chi connectivity index (χ3v) is 3.71. The van der Waals surface area contributed by atoms with Gasteiger partial charge in [-0.05, 0) is 53.5 Å². The molecule has 1 aliphatic rings. The zero-order chi connectivity index (χ0) is 12.0. The van der Waals surface area contributed by atoms with Crippen LogP contribution in [0.2, 0.25) is 0 Å². The van der Waals surface area contributed by atoms with Gasteiger partial charge in [-0.3, -0.25) is 0 Å². The van der Waals surface area contributed by atoms with Gasteiger partial charge in [-0.1, -0.05) is 19.3 Å². The molecule has 0 saturated heterocycles. The fourth-order valence-electron chi connectivity index (χ4n) is 2.67. The van der Waals surface area contributed by atoms with Gasteiger partial charge in [0.1, 0.15) is 0 Å². The summed E-state index contributed by atoms with van der Waals surface area (Å²) < 4.78 is 0. The van der Waals surface area contributed by atoms with E-state index in [2.05, 4.69) is 30.9 Å². The van der Waals surface area contributed by atoms with E-state index in [0.29, 0.717) is 12.1 Å². The Morgan fingerprint density at radius 3 is 2.38 bits per heavy atom. The summed E-state index contributed by atoms with van der Waals surface area (Å²) in [5.41, 5.74) is 6.26. The lowest BCUT2D eigenvalue weighted by Gasteiger charge is -2.31. The predicted molar refractivity (Wildman–Crippen MR) is 70.6 cm³/mol. The van der Waals surface area contributed by atoms with Crippen LogP contribution in [0.3, 0.4) is 0 Å². The van der Waals surface area contributed by atoms with Gasteiger partial charge < -0.3 is 15.5 Å². The van der Waals surface area contributed by atoms with Crippen molar-refractivity contribution in [2.45, 2.75) is 50.6 Å². The molecule has 2 N–H and O–H groups in total. The summed E-state index contributed by atoms with van der Waals surface area (Å²) in [6, 6.07) is 1.01. The zero-order valence-corrected chi connectivity index (χ0v) is 11.3. The van der Waals surface area contributed by atoms with Crippen molar-refractivity contribution in [2.75, 3.05) is 34.2 Å². The monoisotopic (exact) mass is 227 g/mol. The van der Waals surface area contributed by atoms with Gasteiger partial charge in [-0.2, -0.15) is 0 Å². The molecule has 1 fully saturated rings. The first-order valence-electron chi connectivity index (χ1n) is 6.72. The highest BCUT2D eigenvalue weighted by Gasteiger charge is 2.23. The zero-order valence-electron chi connectivity index (χ0n) is 11.3. The number of rotatable bonds is 5. The Morgan fingerprint density at radius 2 is 1.69 bits per heavy atom. The first kappa shape index (κ1) is 13.9. The first-order valence-corrected chi connectivity index (χ1v) is 6.72. The molecule has 0 spiro atoms. The van der Waals surface area contributed by atoms with Gasteiger partial charge in [0.15, 0.2) is 0 Å². The highest BCUT2D eigenvalue weighted by molar-refractivity contribution is 4.83. The number of hydrogen-bond donors (Lipinski definition) is 1. The maximum absolute atomic E-state index is 6.26. The molecule has 0 radical (unpaired) electrons. The second-order valence-electron chi connectivity index (χ2n) is 5.51. The number of likely N-dealkylation sites (N-methyl/N-ethyl adjacent to an activating group) is 1. The van der Waals surface area contributed by atoms with Crippen LogP contribution in [0.15, 0.2) is 0 Å². The van der Waals surface area contributed by atoms with E-state index >= 15 is 0 Å². The van der Waals surface area contributed by atoms with E-state index in [4.69, 9.17) is 5.73 Å². The van der Waals surface area contributed by atoms with Crippen LogP contribution < -0.4 is 5.73 Å². The molecule has 2 atom stereocenters. The Labute approximate surface area is 101 Å². The minimum Gasteiger partial charge on any atom is -0.326 e. The number of nitrogens with zero attached hydrogens (tertiary/aromatic N) is 2. The Kier molecular flexibility index (Phi) is 6.32. The molecule has 16 heavy (non-hydrogen) atoms. The Balaban J connectivity index is 2.29. The van der Waals surface area contributed by atoms with Crippen LogP contribution in [0.4, 0.5) is 0 Å². The van der Waals surface area contributed by atoms with Crippen molar-refractivity contribution in [3.8, 4) is 0 Å². The van der Waals surface area contributed by atoms with Crippen molar-refractivity contribution in [1.82, 2.24) is 9.80 Å². The van der Waals surface area contributed by atoms with Crippen molar-refractivity contribution < 1.29 is 0 Å². The van der Waals surface area contributed by atoms with Crippen LogP contribution in [0, 0.1) is 0 Å². The van der Waals surface area contributed by atoms with Gasteiger partial charge in [0.25, 0.3) is 0 Å². The fourth-order valence-corrected chi connectivity index (χ4v) is 2.67. The molecule has 3 heteroatoms. The molecule has 2 unspecified atom stereocenters. The average Bonchev–Trinajstić information content (AvgIpc) is 2.42. The largest absolute Gasteiger partial charge is 0.326 e. The molecule has 0 aromatic heterocycles. The van der Waals surface area contributed by atoms with Gasteiger partial charge >= 0.3 is 0 Å². The lowest BCUT2D eigenvalue weighted by molar-refractivity contribution is 0.192. The molecular formula is C13H29N3. The number of nitrogens with two attached hydrogens (primary N) is 1. The van der Waals surface area contributed by atoms with E-state index in [1.54, 1.807) is 0 Å². The highest BCUT2D eigenvalue weighted by atomic mass is 15.2. The topological polar surface area (TPSA) is 32.5 Å². The Bertz CT molecular complexity index is 182. The summed E-state index contributed by atoms with van der Waals surface area (Å²) in [5, 5.41) is 0. The highest BCUT2D eigenvalue weighted by Crippen LogP contribution is 2.20. The summed E-state index contributed by atoms with van der Waals surface area (Å²) in [5.74, 6) is 0. The maximum atomic E-state index is 6.26. The smallest absolute Gasteiger partial charge is 0.0244 e. The lowest BCUT2D eigenvalue weighted by atomic mass is 10.0. The normalized spacial score (nSPS) is 27.4. The summed E-state index contributed by atoms with van der Waals surface area (Å²) in [4.78, 5) is 4.74. The molecule has 0 amide bonds. The van der Waals surface area contributed by atoms with Crippen molar-refractivity contribution >= 4 is 0 Å². The third-order valence-electron chi connectivity index (χ3n) is 3.71. The third kappa shape index (κ3) is 4.81. The quantitative estimate of drug-likeness (QED) is 0.723. The van der Waals surface area contributed by atoms with Crippen LogP contribution in [-0.2, 0) is 0 Å². The van der Waals surface area contributed by atoms with Crippen LogP contribution >= 0.6 is 0 Å². The van der Waals surface area contributed by atoms with Crippen molar-refractivity contribution in [2.24, 2.45) is 5.73 Å². The second kappa shape index (κ2) is 7.25. The van der Waals surface area contributed by atoms with E-state index in [-0.39, 0.29) is 0 Å². The molecule has 0 aliphatic heterocycles. The fraction of sp³-hybridized carbons (Fsp3) is 1.00. The van der Waals surface area contributed by atoms with E-state index in [0.717, 1.165) is 0 Å². The molecule has 0 heterocycles. The van der Waals surface area contributed by atoms with E-state index in [1.165, 1.54) is 51.6 Å². The predicted octanol–water partition coefficient (Wildman–Crippen LogP) is 1.53. The van der Waals surface area contributed by atoms with Gasteiger partial charge in [-0.25, -0.2) is 0 Å². The molecule has 0 aromatic carbocycles. The van der Waals surface area contributed by atoms with Gasteiger partial charge in [0, 0.05) is 12.1 Å². The van der Waals surface area contributed by atoms with Crippen LogP contribution in [0.5, 0.6) is 0 Å². The summed E-state index contributed by atoms with van der Waals surface area (Å²) >= 11 is 0. The number of hydrogen-bond acceptors (Lipinski definition) is 3. The van der Waals surface area contributed by atoms with Gasteiger partial charge in [0.05, 0.1) is 0 Å². The molecular weight excluding hydrogens is 198 g/mol. The van der Waals surface area contributed by atoms with Crippen LogP contribution in [0.25, 0.3) is 0 Å². The van der Waals surface area contributed by atoms with Gasteiger partial charge in [-0.15, -0.1) is 0 Å². The van der Waals surface area contributed by atoms with Crippen LogP contribution in [-0.4, -0.2) is 56.1 Å². The van der Waals surface area contributed by atoms with E-state index < -0.39 is 0 Å². The summed E-state index contributed by atoms with van der Waals surface area (Å²) in [7, 11) is 6.51. The Hall–Kier alpha value is -0.120. The summed E-state index contributed by atoms with van der Waals surface area (Å²) in [6.45, 7) is 2.35. The first-order chi connectivity index (χ1) is 7.61. The average molecular weight is 227 g/mol. The summed E-state index contributed by atoms with van der Waals surface area (Å²) in [6.07, 6.45) is 7.80. The van der Waals surface area contributed by atoms with Crippen molar-refractivity contribution in [1.29, 1.82) is 0 Å². The Morgan fingerprint density at radius 1 is 1.00 bits per heavy atom. The van der Waals surface area contributed by atoms with Crippen LogP contribution in [0.1, 0.15) is 38.5 Å².